The van der Waals surface area contributed by atoms with E-state index in [1.807, 2.05) is 42.5 Å². The number of carbonyl (C=O) groups excluding carboxylic acids is 1. The number of aliphatic hydroxyl groups excluding tert-OH is 1. The number of ether oxygens (including phenoxy) is 1. The molecule has 0 saturated carbocycles. The summed E-state index contributed by atoms with van der Waals surface area (Å²) in [6.07, 6.45) is 1.59. The van der Waals surface area contributed by atoms with Gasteiger partial charge < -0.3 is 9.84 Å². The minimum absolute atomic E-state index is 0.0694. The average Bonchev–Trinajstić information content (AvgIpc) is 3.07. The van der Waals surface area contributed by atoms with Gasteiger partial charge in [0, 0.05) is 0 Å². The minimum Gasteiger partial charge on any atom is -0.504 e. The fraction of sp³-hybridized carbons (Fsp3) is 0. The summed E-state index contributed by atoms with van der Waals surface area (Å²) >= 11 is 0. The fourth-order valence-corrected chi connectivity index (χ4v) is 3.14. The van der Waals surface area contributed by atoms with E-state index in [2.05, 4.69) is 6.07 Å². The maximum Gasteiger partial charge on any atom is 0.348 e. The van der Waals surface area contributed by atoms with Crippen molar-refractivity contribution in [1.82, 2.24) is 0 Å². The molecule has 0 fully saturated rings. The summed E-state index contributed by atoms with van der Waals surface area (Å²) in [4.78, 5) is 12.3. The van der Waals surface area contributed by atoms with Gasteiger partial charge in [0.05, 0.1) is 23.3 Å². The highest BCUT2D eigenvalue weighted by atomic mass is 16.6. The number of nitriles is 2. The first-order valence-corrected chi connectivity index (χ1v) is 9.07. The quantitative estimate of drug-likeness (QED) is 0.638. The van der Waals surface area contributed by atoms with Crippen LogP contribution >= 0.6 is 0 Å². The monoisotopic (exact) mass is 390 g/mol. The summed E-state index contributed by atoms with van der Waals surface area (Å²) in [5, 5.41) is 28.3. The second-order valence-electron chi connectivity index (χ2n) is 6.62. The van der Waals surface area contributed by atoms with Gasteiger partial charge in [-0.1, -0.05) is 48.5 Å². The van der Waals surface area contributed by atoms with E-state index >= 15 is 0 Å². The van der Waals surface area contributed by atoms with E-state index in [1.165, 1.54) is 0 Å². The Morgan fingerprint density at radius 1 is 0.733 bits per heavy atom. The SMILES string of the molecule is N#Cc1ccc(C2=C(O)C(=Cc3ccc(-c4ccc(C#N)cc4)cc3)OC2=O)cc1. The lowest BCUT2D eigenvalue weighted by Crippen LogP contribution is -1.98. The summed E-state index contributed by atoms with van der Waals surface area (Å²) in [6.45, 7) is 0. The Morgan fingerprint density at radius 2 is 1.20 bits per heavy atom. The van der Waals surface area contributed by atoms with Crippen LogP contribution < -0.4 is 0 Å². The first kappa shape index (κ1) is 18.7. The predicted molar refractivity (Wildman–Crippen MR) is 111 cm³/mol. The molecule has 1 aliphatic heterocycles. The number of hydrogen-bond donors (Lipinski definition) is 1. The number of aliphatic hydroxyl groups is 1. The highest BCUT2D eigenvalue weighted by Crippen LogP contribution is 2.33. The molecule has 142 valence electrons. The average molecular weight is 390 g/mol. The van der Waals surface area contributed by atoms with Gasteiger partial charge in [-0.25, -0.2) is 4.79 Å². The standard InChI is InChI=1S/C25H14N2O3/c26-14-17-3-9-20(10-4-17)19-7-1-16(2-8-19)13-22-24(28)23(25(29)30-22)21-11-5-18(15-27)6-12-21/h1-13,28H. The van der Waals surface area contributed by atoms with E-state index < -0.39 is 5.97 Å². The number of esters is 1. The molecule has 3 aromatic carbocycles. The number of carbonyl (C=O) groups is 1. The van der Waals surface area contributed by atoms with E-state index in [9.17, 15) is 9.90 Å². The van der Waals surface area contributed by atoms with E-state index in [0.717, 1.165) is 16.7 Å². The Labute approximate surface area is 173 Å². The third-order valence-electron chi connectivity index (χ3n) is 4.74. The molecule has 0 amide bonds. The minimum atomic E-state index is -0.641. The lowest BCUT2D eigenvalue weighted by atomic mass is 10.0. The molecule has 0 atom stereocenters. The molecule has 0 unspecified atom stereocenters. The highest BCUT2D eigenvalue weighted by molar-refractivity contribution is 6.20. The van der Waals surface area contributed by atoms with E-state index in [4.69, 9.17) is 15.3 Å². The van der Waals surface area contributed by atoms with E-state index in [1.54, 1.807) is 42.5 Å². The van der Waals surface area contributed by atoms with Gasteiger partial charge in [-0.3, -0.25) is 0 Å². The second kappa shape index (κ2) is 7.79. The van der Waals surface area contributed by atoms with Crippen LogP contribution in [-0.4, -0.2) is 11.1 Å². The highest BCUT2D eigenvalue weighted by Gasteiger charge is 2.31. The molecule has 0 radical (unpaired) electrons. The summed E-state index contributed by atoms with van der Waals surface area (Å²) in [6, 6.07) is 25.2. The van der Waals surface area contributed by atoms with Crippen molar-refractivity contribution in [2.45, 2.75) is 0 Å². The van der Waals surface area contributed by atoms with Crippen molar-refractivity contribution < 1.29 is 14.6 Å². The van der Waals surface area contributed by atoms with Gasteiger partial charge >= 0.3 is 5.97 Å². The zero-order valence-corrected chi connectivity index (χ0v) is 15.7. The number of rotatable bonds is 3. The van der Waals surface area contributed by atoms with Crippen molar-refractivity contribution in [2.75, 3.05) is 0 Å². The van der Waals surface area contributed by atoms with Crippen molar-refractivity contribution in [1.29, 1.82) is 10.5 Å². The number of nitrogens with zero attached hydrogens (tertiary/aromatic N) is 2. The molecule has 5 heteroatoms. The maximum absolute atomic E-state index is 12.3. The number of hydrogen-bond acceptors (Lipinski definition) is 5. The molecule has 0 spiro atoms. The number of cyclic esters (lactones) is 1. The molecular formula is C25H14N2O3. The lowest BCUT2D eigenvalue weighted by molar-refractivity contribution is -0.131. The molecule has 0 bridgehead atoms. The molecule has 0 aromatic heterocycles. The largest absolute Gasteiger partial charge is 0.504 e. The van der Waals surface area contributed by atoms with E-state index in [-0.39, 0.29) is 17.1 Å². The molecule has 0 saturated heterocycles. The Kier molecular flexibility index (Phi) is 4.87. The van der Waals surface area contributed by atoms with Gasteiger partial charge in [0.1, 0.15) is 5.57 Å². The van der Waals surface area contributed by atoms with Gasteiger partial charge in [0.2, 0.25) is 0 Å². The van der Waals surface area contributed by atoms with Crippen molar-refractivity contribution in [3.05, 3.63) is 107 Å². The van der Waals surface area contributed by atoms with Crippen LogP contribution in [0.25, 0.3) is 22.8 Å². The zero-order chi connectivity index (χ0) is 21.1. The van der Waals surface area contributed by atoms with Crippen molar-refractivity contribution in [3.63, 3.8) is 0 Å². The van der Waals surface area contributed by atoms with Crippen molar-refractivity contribution in [2.24, 2.45) is 0 Å². The van der Waals surface area contributed by atoms with Crippen LogP contribution in [0.15, 0.2) is 84.3 Å². The Morgan fingerprint density at radius 3 is 1.70 bits per heavy atom. The van der Waals surface area contributed by atoms with Crippen LogP contribution in [0.4, 0.5) is 0 Å². The van der Waals surface area contributed by atoms with Crippen molar-refractivity contribution >= 4 is 17.6 Å². The Balaban J connectivity index is 1.61. The summed E-state index contributed by atoms with van der Waals surface area (Å²) in [5.41, 5.74) is 4.32. The summed E-state index contributed by atoms with van der Waals surface area (Å²) in [5.74, 6) is -0.802. The van der Waals surface area contributed by atoms with Crippen LogP contribution in [-0.2, 0) is 9.53 Å². The van der Waals surface area contributed by atoms with Gasteiger partial charge in [-0.2, -0.15) is 10.5 Å². The normalized spacial score (nSPS) is 14.3. The van der Waals surface area contributed by atoms with Gasteiger partial charge in [0.15, 0.2) is 11.5 Å². The molecule has 1 heterocycles. The molecule has 5 nitrogen and oxygen atoms in total. The molecule has 1 aliphatic rings. The van der Waals surface area contributed by atoms with Crippen LogP contribution in [0, 0.1) is 22.7 Å². The molecule has 1 N–H and O–H groups in total. The zero-order valence-electron chi connectivity index (χ0n) is 15.7. The predicted octanol–water partition coefficient (Wildman–Crippen LogP) is 4.96. The summed E-state index contributed by atoms with van der Waals surface area (Å²) in [7, 11) is 0. The Hall–Kier alpha value is -4.61. The fourth-order valence-electron chi connectivity index (χ4n) is 3.14. The first-order chi connectivity index (χ1) is 14.6. The van der Waals surface area contributed by atoms with E-state index in [0.29, 0.717) is 16.7 Å². The third-order valence-corrected chi connectivity index (χ3v) is 4.74. The number of benzene rings is 3. The van der Waals surface area contributed by atoms with Crippen LogP contribution in [0.1, 0.15) is 22.3 Å². The van der Waals surface area contributed by atoms with Crippen LogP contribution in [0.5, 0.6) is 0 Å². The van der Waals surface area contributed by atoms with Gasteiger partial charge in [-0.15, -0.1) is 0 Å². The molecule has 0 aliphatic carbocycles. The smallest absolute Gasteiger partial charge is 0.348 e. The van der Waals surface area contributed by atoms with Crippen LogP contribution in [0.3, 0.4) is 0 Å². The van der Waals surface area contributed by atoms with Gasteiger partial charge in [-0.05, 0) is 52.6 Å². The maximum atomic E-state index is 12.3. The second-order valence-corrected chi connectivity index (χ2v) is 6.62. The molecule has 3 aromatic rings. The molecule has 30 heavy (non-hydrogen) atoms. The van der Waals surface area contributed by atoms with Crippen molar-refractivity contribution in [3.8, 4) is 23.3 Å². The summed E-state index contributed by atoms with van der Waals surface area (Å²) < 4.78 is 5.24. The van der Waals surface area contributed by atoms with Crippen LogP contribution in [0.2, 0.25) is 0 Å². The topological polar surface area (TPSA) is 94.1 Å². The third kappa shape index (κ3) is 3.56. The van der Waals surface area contributed by atoms with Gasteiger partial charge in [0.25, 0.3) is 0 Å². The molecule has 4 rings (SSSR count). The first-order valence-electron chi connectivity index (χ1n) is 9.07. The lowest BCUT2D eigenvalue weighted by Gasteiger charge is -2.03. The molecular weight excluding hydrogens is 376 g/mol. The Bertz CT molecular complexity index is 1270.